The van der Waals surface area contributed by atoms with Crippen LogP contribution in [0.4, 0.5) is 13.2 Å². The Morgan fingerprint density at radius 1 is 1.29 bits per heavy atom. The van der Waals surface area contributed by atoms with Crippen molar-refractivity contribution in [2.24, 2.45) is 17.3 Å². The van der Waals surface area contributed by atoms with Crippen molar-refractivity contribution in [3.8, 4) is 0 Å². The van der Waals surface area contributed by atoms with Gasteiger partial charge in [0.2, 0.25) is 5.91 Å². The van der Waals surface area contributed by atoms with E-state index in [1.54, 1.807) is 0 Å². The molecule has 1 rings (SSSR count). The maximum atomic E-state index is 12.8. The zero-order chi connectivity index (χ0) is 16.3. The Morgan fingerprint density at radius 2 is 1.90 bits per heavy atom. The standard InChI is InChI=1S/C15H26F3NO2/c1-14(2,3)8-12(9-20)19-13(21)10-5-4-6-11(7-10)15(16,17)18/h10-12,20H,4-9H2,1-3H3,(H,19,21). The van der Waals surface area contributed by atoms with Crippen molar-refractivity contribution in [2.75, 3.05) is 6.61 Å². The van der Waals surface area contributed by atoms with E-state index in [2.05, 4.69) is 5.32 Å². The van der Waals surface area contributed by atoms with E-state index in [0.29, 0.717) is 19.3 Å². The molecule has 0 spiro atoms. The molecule has 0 heterocycles. The number of carbonyl (C=O) groups excluding carboxylic acids is 1. The lowest BCUT2D eigenvalue weighted by molar-refractivity contribution is -0.186. The first-order valence-corrected chi connectivity index (χ1v) is 7.51. The molecule has 0 aromatic heterocycles. The van der Waals surface area contributed by atoms with Crippen LogP contribution in [0.15, 0.2) is 0 Å². The normalized spacial score (nSPS) is 25.5. The predicted molar refractivity (Wildman–Crippen MR) is 74.6 cm³/mol. The molecule has 0 bridgehead atoms. The van der Waals surface area contributed by atoms with Gasteiger partial charge in [0.05, 0.1) is 18.6 Å². The van der Waals surface area contributed by atoms with Crippen LogP contribution in [-0.4, -0.2) is 29.8 Å². The van der Waals surface area contributed by atoms with Gasteiger partial charge < -0.3 is 10.4 Å². The highest BCUT2D eigenvalue weighted by Crippen LogP contribution is 2.40. The Hall–Kier alpha value is -0.780. The third-order valence-corrected chi connectivity index (χ3v) is 3.93. The maximum Gasteiger partial charge on any atom is 0.391 e. The molecule has 1 amide bonds. The minimum absolute atomic E-state index is 0.0677. The minimum atomic E-state index is -4.22. The maximum absolute atomic E-state index is 12.8. The second-order valence-electron chi connectivity index (χ2n) is 7.25. The lowest BCUT2D eigenvalue weighted by atomic mass is 9.80. The van der Waals surface area contributed by atoms with Crippen molar-refractivity contribution in [3.63, 3.8) is 0 Å². The third-order valence-electron chi connectivity index (χ3n) is 3.93. The lowest BCUT2D eigenvalue weighted by Gasteiger charge is -2.32. The minimum Gasteiger partial charge on any atom is -0.394 e. The summed E-state index contributed by atoms with van der Waals surface area (Å²) in [6.45, 7) is 5.77. The number of amides is 1. The fourth-order valence-electron chi connectivity index (χ4n) is 2.94. The van der Waals surface area contributed by atoms with E-state index in [1.807, 2.05) is 20.8 Å². The van der Waals surface area contributed by atoms with Gasteiger partial charge in [0.15, 0.2) is 0 Å². The van der Waals surface area contributed by atoms with E-state index in [-0.39, 0.29) is 30.8 Å². The van der Waals surface area contributed by atoms with E-state index in [0.717, 1.165) is 0 Å². The molecule has 3 nitrogen and oxygen atoms in total. The third kappa shape index (κ3) is 6.24. The van der Waals surface area contributed by atoms with Gasteiger partial charge in [-0.15, -0.1) is 0 Å². The van der Waals surface area contributed by atoms with Crippen molar-refractivity contribution >= 4 is 5.91 Å². The van der Waals surface area contributed by atoms with Crippen LogP contribution >= 0.6 is 0 Å². The summed E-state index contributed by atoms with van der Waals surface area (Å²) in [6, 6.07) is -0.399. The first kappa shape index (κ1) is 18.3. The van der Waals surface area contributed by atoms with E-state index in [4.69, 9.17) is 0 Å². The number of rotatable bonds is 4. The Bertz CT molecular complexity index is 350. The summed E-state index contributed by atoms with van der Waals surface area (Å²) < 4.78 is 38.3. The molecule has 0 aromatic rings. The number of alkyl halides is 3. The number of nitrogens with one attached hydrogen (secondary N) is 1. The molecule has 3 unspecified atom stereocenters. The van der Waals surface area contributed by atoms with Gasteiger partial charge in [-0.3, -0.25) is 4.79 Å². The van der Waals surface area contributed by atoms with E-state index >= 15 is 0 Å². The highest BCUT2D eigenvalue weighted by Gasteiger charge is 2.43. The Kier molecular flexibility index (Phi) is 6.08. The van der Waals surface area contributed by atoms with Crippen LogP contribution < -0.4 is 5.32 Å². The second kappa shape index (κ2) is 6.99. The van der Waals surface area contributed by atoms with Crippen molar-refractivity contribution in [1.82, 2.24) is 5.32 Å². The Morgan fingerprint density at radius 3 is 2.38 bits per heavy atom. The number of hydrogen-bond donors (Lipinski definition) is 2. The summed E-state index contributed by atoms with van der Waals surface area (Å²) in [5.74, 6) is -2.33. The fraction of sp³-hybridized carbons (Fsp3) is 0.933. The van der Waals surface area contributed by atoms with E-state index in [9.17, 15) is 23.1 Å². The molecule has 0 aliphatic heterocycles. The predicted octanol–water partition coefficient (Wildman–Crippen LogP) is 3.27. The van der Waals surface area contributed by atoms with Crippen molar-refractivity contribution in [1.29, 1.82) is 0 Å². The number of aliphatic hydroxyl groups excluding tert-OH is 1. The summed E-state index contributed by atoms with van der Waals surface area (Å²) in [4.78, 5) is 12.1. The summed E-state index contributed by atoms with van der Waals surface area (Å²) in [5.41, 5.74) is -0.0677. The van der Waals surface area contributed by atoms with Crippen LogP contribution in [0.5, 0.6) is 0 Å². The molecule has 1 aliphatic rings. The molecule has 0 radical (unpaired) electrons. The summed E-state index contributed by atoms with van der Waals surface area (Å²) in [5, 5.41) is 12.0. The van der Waals surface area contributed by atoms with Gasteiger partial charge in [0.1, 0.15) is 0 Å². The van der Waals surface area contributed by atoms with Crippen LogP contribution in [-0.2, 0) is 4.79 Å². The molecule has 1 fully saturated rings. The van der Waals surface area contributed by atoms with Crippen LogP contribution in [0.3, 0.4) is 0 Å². The molecule has 1 saturated carbocycles. The molecule has 6 heteroatoms. The highest BCUT2D eigenvalue weighted by molar-refractivity contribution is 5.79. The van der Waals surface area contributed by atoms with Crippen molar-refractivity contribution in [2.45, 2.75) is 65.1 Å². The molecule has 1 aliphatic carbocycles. The van der Waals surface area contributed by atoms with Crippen LogP contribution in [0.2, 0.25) is 0 Å². The zero-order valence-electron chi connectivity index (χ0n) is 13.0. The van der Waals surface area contributed by atoms with Gasteiger partial charge in [0, 0.05) is 5.92 Å². The number of aliphatic hydroxyl groups is 1. The van der Waals surface area contributed by atoms with E-state index < -0.39 is 24.1 Å². The molecule has 21 heavy (non-hydrogen) atoms. The van der Waals surface area contributed by atoms with Gasteiger partial charge in [-0.25, -0.2) is 0 Å². The van der Waals surface area contributed by atoms with Crippen LogP contribution in [0, 0.1) is 17.3 Å². The SMILES string of the molecule is CC(C)(C)CC(CO)NC(=O)C1CCCC(C(F)(F)F)C1. The molecular weight excluding hydrogens is 283 g/mol. The zero-order valence-corrected chi connectivity index (χ0v) is 13.0. The quantitative estimate of drug-likeness (QED) is 0.837. The second-order valence-corrected chi connectivity index (χ2v) is 7.25. The largest absolute Gasteiger partial charge is 0.394 e. The smallest absolute Gasteiger partial charge is 0.391 e. The Labute approximate surface area is 124 Å². The highest BCUT2D eigenvalue weighted by atomic mass is 19.4. The van der Waals surface area contributed by atoms with Gasteiger partial charge in [0.25, 0.3) is 0 Å². The first-order valence-electron chi connectivity index (χ1n) is 7.51. The van der Waals surface area contributed by atoms with Crippen LogP contribution in [0.25, 0.3) is 0 Å². The first-order chi connectivity index (χ1) is 9.53. The number of halogens is 3. The van der Waals surface area contributed by atoms with Crippen molar-refractivity contribution < 1.29 is 23.1 Å². The molecular formula is C15H26F3NO2. The summed E-state index contributed by atoms with van der Waals surface area (Å²) in [6.07, 6.45) is -2.75. The number of carbonyl (C=O) groups is 1. The number of hydrogen-bond acceptors (Lipinski definition) is 2. The summed E-state index contributed by atoms with van der Waals surface area (Å²) >= 11 is 0. The monoisotopic (exact) mass is 309 g/mol. The van der Waals surface area contributed by atoms with Crippen molar-refractivity contribution in [3.05, 3.63) is 0 Å². The van der Waals surface area contributed by atoms with Gasteiger partial charge in [-0.2, -0.15) is 13.2 Å². The summed E-state index contributed by atoms with van der Waals surface area (Å²) in [7, 11) is 0. The average Bonchev–Trinajstić information content (AvgIpc) is 2.35. The lowest BCUT2D eigenvalue weighted by Crippen LogP contribution is -2.44. The van der Waals surface area contributed by atoms with E-state index in [1.165, 1.54) is 0 Å². The Balaban J connectivity index is 2.58. The van der Waals surface area contributed by atoms with Gasteiger partial charge >= 0.3 is 6.18 Å². The molecule has 0 aromatic carbocycles. The topological polar surface area (TPSA) is 49.3 Å². The molecule has 3 atom stereocenters. The molecule has 0 saturated heterocycles. The van der Waals surface area contributed by atoms with Crippen LogP contribution in [0.1, 0.15) is 52.9 Å². The van der Waals surface area contributed by atoms with Gasteiger partial charge in [-0.05, 0) is 31.1 Å². The fourth-order valence-corrected chi connectivity index (χ4v) is 2.94. The van der Waals surface area contributed by atoms with Gasteiger partial charge in [-0.1, -0.05) is 27.2 Å². The molecule has 124 valence electrons. The molecule has 2 N–H and O–H groups in total. The average molecular weight is 309 g/mol.